The molecule has 2 unspecified atom stereocenters. The fourth-order valence-corrected chi connectivity index (χ4v) is 1.55. The fourth-order valence-electron chi connectivity index (χ4n) is 1.55. The smallest absolute Gasteiger partial charge is 0.0679 e. The molecule has 16 heavy (non-hydrogen) atoms. The highest BCUT2D eigenvalue weighted by Crippen LogP contribution is 2.10. The molecule has 0 aromatic carbocycles. The van der Waals surface area contributed by atoms with Gasteiger partial charge in [-0.25, -0.2) is 0 Å². The summed E-state index contributed by atoms with van der Waals surface area (Å²) in [6.07, 6.45) is 2.26. The quantitative estimate of drug-likeness (QED) is 0.776. The molecule has 0 aromatic heterocycles. The molecular formula is C13H29NO2. The summed E-state index contributed by atoms with van der Waals surface area (Å²) < 4.78 is 0. The number of likely N-dealkylation sites (tertiary alicyclic amines) is 1. The zero-order valence-corrected chi connectivity index (χ0v) is 11.3. The maximum absolute atomic E-state index is 9.29. The molecule has 3 nitrogen and oxygen atoms in total. The molecule has 3 heteroatoms. The maximum Gasteiger partial charge on any atom is 0.0679 e. The molecule has 0 amide bonds. The molecule has 1 heterocycles. The van der Waals surface area contributed by atoms with E-state index >= 15 is 0 Å². The van der Waals surface area contributed by atoms with Crippen LogP contribution in [0.15, 0.2) is 0 Å². The third kappa shape index (κ3) is 9.13. The molecule has 2 N–H and O–H groups in total. The molecule has 0 radical (unpaired) electrons. The number of nitrogens with zero attached hydrogens (tertiary/aromatic N) is 1. The van der Waals surface area contributed by atoms with Gasteiger partial charge in [-0.05, 0) is 25.2 Å². The summed E-state index contributed by atoms with van der Waals surface area (Å²) in [6.45, 7) is 11.2. The Morgan fingerprint density at radius 3 is 2.25 bits per heavy atom. The summed E-state index contributed by atoms with van der Waals surface area (Å²) >= 11 is 0. The summed E-state index contributed by atoms with van der Waals surface area (Å²) in [5.74, 6) is 0.833. The molecule has 0 saturated carbocycles. The first-order chi connectivity index (χ1) is 7.45. The first-order valence-corrected chi connectivity index (χ1v) is 6.54. The minimum absolute atomic E-state index is 0.135. The molecule has 1 aliphatic rings. The lowest BCUT2D eigenvalue weighted by atomic mass is 10.2. The minimum atomic E-state index is -0.164. The van der Waals surface area contributed by atoms with Crippen molar-refractivity contribution >= 4 is 0 Å². The summed E-state index contributed by atoms with van der Waals surface area (Å²) in [5.41, 5.74) is 0. The third-order valence-corrected chi connectivity index (χ3v) is 2.50. The van der Waals surface area contributed by atoms with E-state index in [1.54, 1.807) is 0 Å². The SMILES string of the molecule is CC(C)C.CCC(O)CCN1CCC(O)C1. The Bertz CT molecular complexity index is 159. The van der Waals surface area contributed by atoms with Gasteiger partial charge < -0.3 is 15.1 Å². The topological polar surface area (TPSA) is 43.7 Å². The van der Waals surface area contributed by atoms with E-state index in [0.29, 0.717) is 0 Å². The van der Waals surface area contributed by atoms with E-state index in [1.807, 2.05) is 6.92 Å². The van der Waals surface area contributed by atoms with Crippen molar-refractivity contribution in [2.24, 2.45) is 5.92 Å². The lowest BCUT2D eigenvalue weighted by Crippen LogP contribution is -2.25. The molecule has 1 fully saturated rings. The highest BCUT2D eigenvalue weighted by atomic mass is 16.3. The van der Waals surface area contributed by atoms with Gasteiger partial charge >= 0.3 is 0 Å². The highest BCUT2D eigenvalue weighted by molar-refractivity contribution is 4.74. The maximum atomic E-state index is 9.29. The second kappa shape index (κ2) is 8.97. The van der Waals surface area contributed by atoms with Gasteiger partial charge in [0.2, 0.25) is 0 Å². The Balaban J connectivity index is 0.000000487. The standard InChI is InChI=1S/C9H19NO2.C4H10/c1-2-8(11)3-5-10-6-4-9(12)7-10;1-4(2)3/h8-9,11-12H,2-7H2,1H3;4H,1-3H3. The lowest BCUT2D eigenvalue weighted by Gasteiger charge is -2.16. The van der Waals surface area contributed by atoms with Gasteiger partial charge in [-0.3, -0.25) is 0 Å². The van der Waals surface area contributed by atoms with Gasteiger partial charge in [0, 0.05) is 19.6 Å². The van der Waals surface area contributed by atoms with Crippen LogP contribution in [-0.4, -0.2) is 47.0 Å². The molecular weight excluding hydrogens is 202 g/mol. The number of hydrogen-bond acceptors (Lipinski definition) is 3. The van der Waals surface area contributed by atoms with Crippen LogP contribution in [0.2, 0.25) is 0 Å². The number of β-amino-alcohol motifs (C(OH)–C–C–N with tert-alkyl or cyclic N) is 1. The average molecular weight is 231 g/mol. The van der Waals surface area contributed by atoms with Crippen molar-refractivity contribution in [2.45, 2.75) is 59.2 Å². The van der Waals surface area contributed by atoms with Gasteiger partial charge in [0.1, 0.15) is 0 Å². The molecule has 1 saturated heterocycles. The Hall–Kier alpha value is -0.120. The van der Waals surface area contributed by atoms with Gasteiger partial charge in [0.25, 0.3) is 0 Å². The predicted molar refractivity (Wildman–Crippen MR) is 68.5 cm³/mol. The van der Waals surface area contributed by atoms with Gasteiger partial charge in [0.05, 0.1) is 12.2 Å². The first-order valence-electron chi connectivity index (χ1n) is 6.54. The number of rotatable bonds is 4. The van der Waals surface area contributed by atoms with Crippen LogP contribution in [0.25, 0.3) is 0 Å². The monoisotopic (exact) mass is 231 g/mol. The zero-order chi connectivity index (χ0) is 12.6. The van der Waals surface area contributed by atoms with Crippen molar-refractivity contribution in [1.82, 2.24) is 4.90 Å². The van der Waals surface area contributed by atoms with Crippen molar-refractivity contribution < 1.29 is 10.2 Å². The van der Waals surface area contributed by atoms with Crippen LogP contribution >= 0.6 is 0 Å². The molecule has 1 rings (SSSR count). The van der Waals surface area contributed by atoms with E-state index < -0.39 is 0 Å². The average Bonchev–Trinajstić information content (AvgIpc) is 2.60. The van der Waals surface area contributed by atoms with Crippen molar-refractivity contribution in [3.63, 3.8) is 0 Å². The Morgan fingerprint density at radius 1 is 1.31 bits per heavy atom. The van der Waals surface area contributed by atoms with Crippen molar-refractivity contribution in [3.05, 3.63) is 0 Å². The van der Waals surface area contributed by atoms with E-state index in [1.165, 1.54) is 0 Å². The van der Waals surface area contributed by atoms with Crippen LogP contribution in [0.1, 0.15) is 47.0 Å². The molecule has 0 bridgehead atoms. The van der Waals surface area contributed by atoms with E-state index in [0.717, 1.165) is 44.8 Å². The molecule has 1 aliphatic heterocycles. The van der Waals surface area contributed by atoms with Gasteiger partial charge in [-0.1, -0.05) is 27.7 Å². The van der Waals surface area contributed by atoms with Crippen molar-refractivity contribution in [3.8, 4) is 0 Å². The van der Waals surface area contributed by atoms with Gasteiger partial charge in [-0.15, -0.1) is 0 Å². The summed E-state index contributed by atoms with van der Waals surface area (Å²) in [6, 6.07) is 0. The molecule has 98 valence electrons. The van der Waals surface area contributed by atoms with Crippen molar-refractivity contribution in [1.29, 1.82) is 0 Å². The second-order valence-electron chi connectivity index (χ2n) is 5.33. The fraction of sp³-hybridized carbons (Fsp3) is 1.00. The lowest BCUT2D eigenvalue weighted by molar-refractivity contribution is 0.134. The Kier molecular flexibility index (Phi) is 8.90. The van der Waals surface area contributed by atoms with Gasteiger partial charge in [-0.2, -0.15) is 0 Å². The summed E-state index contributed by atoms with van der Waals surface area (Å²) in [4.78, 5) is 2.21. The largest absolute Gasteiger partial charge is 0.393 e. The molecule has 0 aliphatic carbocycles. The van der Waals surface area contributed by atoms with Crippen LogP contribution in [-0.2, 0) is 0 Å². The van der Waals surface area contributed by atoms with Crippen molar-refractivity contribution in [2.75, 3.05) is 19.6 Å². The number of aliphatic hydroxyl groups is 2. The van der Waals surface area contributed by atoms with E-state index in [-0.39, 0.29) is 12.2 Å². The second-order valence-corrected chi connectivity index (χ2v) is 5.33. The first kappa shape index (κ1) is 15.9. The predicted octanol–water partition coefficient (Wildman–Crippen LogP) is 1.88. The zero-order valence-electron chi connectivity index (χ0n) is 11.3. The minimum Gasteiger partial charge on any atom is -0.393 e. The van der Waals surface area contributed by atoms with Crippen LogP contribution in [0.3, 0.4) is 0 Å². The number of aliphatic hydroxyl groups excluding tert-OH is 2. The van der Waals surface area contributed by atoms with E-state index in [2.05, 4.69) is 25.7 Å². The summed E-state index contributed by atoms with van der Waals surface area (Å²) in [7, 11) is 0. The van der Waals surface area contributed by atoms with Crippen LogP contribution in [0.5, 0.6) is 0 Å². The normalized spacial score (nSPS) is 23.1. The number of hydrogen-bond donors (Lipinski definition) is 2. The summed E-state index contributed by atoms with van der Waals surface area (Å²) in [5, 5.41) is 18.5. The van der Waals surface area contributed by atoms with E-state index in [9.17, 15) is 10.2 Å². The highest BCUT2D eigenvalue weighted by Gasteiger charge is 2.19. The van der Waals surface area contributed by atoms with Gasteiger partial charge in [0.15, 0.2) is 0 Å². The third-order valence-electron chi connectivity index (χ3n) is 2.50. The Labute approximate surface area is 100 Å². The molecule has 2 atom stereocenters. The van der Waals surface area contributed by atoms with Crippen LogP contribution < -0.4 is 0 Å². The van der Waals surface area contributed by atoms with E-state index in [4.69, 9.17) is 0 Å². The van der Waals surface area contributed by atoms with Crippen LogP contribution in [0, 0.1) is 5.92 Å². The molecule has 0 aromatic rings. The Morgan fingerprint density at radius 2 is 1.88 bits per heavy atom. The molecule has 0 spiro atoms. The van der Waals surface area contributed by atoms with Crippen LogP contribution in [0.4, 0.5) is 0 Å².